The lowest BCUT2D eigenvalue weighted by molar-refractivity contribution is -0.132. The first kappa shape index (κ1) is 17.8. The maximum absolute atomic E-state index is 13.0. The number of hydrogen-bond acceptors (Lipinski definition) is 4. The minimum atomic E-state index is -0.178. The van der Waals surface area contributed by atoms with Crippen molar-refractivity contribution in [3.05, 3.63) is 87.1 Å². The minimum absolute atomic E-state index is 0.0676. The van der Waals surface area contributed by atoms with Gasteiger partial charge in [0.1, 0.15) is 5.75 Å². The molecule has 2 heterocycles. The molecule has 4 nitrogen and oxygen atoms in total. The van der Waals surface area contributed by atoms with Gasteiger partial charge in [0.05, 0.1) is 23.1 Å². The van der Waals surface area contributed by atoms with Gasteiger partial charge in [-0.3, -0.25) is 4.79 Å². The number of carbonyl (C=O) groups is 1. The predicted octanol–water partition coefficient (Wildman–Crippen LogP) is 5.03. The van der Waals surface area contributed by atoms with Crippen LogP contribution in [0.5, 0.6) is 5.75 Å². The van der Waals surface area contributed by atoms with E-state index in [1.54, 1.807) is 40.6 Å². The number of benzene rings is 2. The maximum Gasteiger partial charge on any atom is 0.247 e. The molecule has 0 bridgehead atoms. The van der Waals surface area contributed by atoms with Crippen LogP contribution >= 0.6 is 22.9 Å². The number of aromatic hydroxyl groups is 1. The Hall–Kier alpha value is -2.63. The number of hydrazone groups is 1. The number of thiophene rings is 1. The monoisotopic (exact) mass is 396 g/mol. The van der Waals surface area contributed by atoms with Crippen LogP contribution in [0.25, 0.3) is 0 Å². The van der Waals surface area contributed by atoms with Crippen LogP contribution in [0.3, 0.4) is 0 Å². The van der Waals surface area contributed by atoms with Gasteiger partial charge in [0.15, 0.2) is 0 Å². The van der Waals surface area contributed by atoms with E-state index in [0.717, 1.165) is 21.7 Å². The zero-order valence-corrected chi connectivity index (χ0v) is 16.0. The number of rotatable bonds is 4. The SMILES string of the molecule is O=C(Cc1ccc(Cl)cc1)N1N=C(c2cccs2)CC1c1ccc(O)cc1. The number of phenols is 1. The Kier molecular flexibility index (Phi) is 4.97. The molecule has 1 aliphatic heterocycles. The zero-order chi connectivity index (χ0) is 18.8. The van der Waals surface area contributed by atoms with Crippen LogP contribution < -0.4 is 0 Å². The van der Waals surface area contributed by atoms with Gasteiger partial charge >= 0.3 is 0 Å². The van der Waals surface area contributed by atoms with E-state index >= 15 is 0 Å². The lowest BCUT2D eigenvalue weighted by Crippen LogP contribution is -2.28. The molecule has 3 aromatic rings. The molecule has 0 aliphatic carbocycles. The summed E-state index contributed by atoms with van der Waals surface area (Å²) >= 11 is 7.55. The fourth-order valence-corrected chi connectivity index (χ4v) is 3.99. The summed E-state index contributed by atoms with van der Waals surface area (Å²) in [5.41, 5.74) is 2.76. The van der Waals surface area contributed by atoms with Crippen molar-refractivity contribution in [2.75, 3.05) is 0 Å². The molecule has 1 aromatic heterocycles. The van der Waals surface area contributed by atoms with Gasteiger partial charge in [0.2, 0.25) is 5.91 Å². The molecule has 27 heavy (non-hydrogen) atoms. The standard InChI is InChI=1S/C21H17ClN2O2S/c22-16-7-3-14(4-8-16)12-21(26)24-19(15-5-9-17(25)10-6-15)13-18(23-24)20-2-1-11-27-20/h1-11,19,25H,12-13H2. The minimum Gasteiger partial charge on any atom is -0.508 e. The normalized spacial score (nSPS) is 16.4. The molecule has 0 saturated carbocycles. The van der Waals surface area contributed by atoms with Crippen LogP contribution in [0.4, 0.5) is 0 Å². The van der Waals surface area contributed by atoms with E-state index in [9.17, 15) is 9.90 Å². The molecule has 0 fully saturated rings. The topological polar surface area (TPSA) is 52.9 Å². The van der Waals surface area contributed by atoms with E-state index in [-0.39, 0.29) is 24.1 Å². The second-order valence-electron chi connectivity index (χ2n) is 6.38. The maximum atomic E-state index is 13.0. The molecule has 1 N–H and O–H groups in total. The lowest BCUT2D eigenvalue weighted by atomic mass is 10.0. The third-order valence-corrected chi connectivity index (χ3v) is 5.69. The second-order valence-corrected chi connectivity index (χ2v) is 7.76. The summed E-state index contributed by atoms with van der Waals surface area (Å²) in [7, 11) is 0. The number of nitrogens with zero attached hydrogens (tertiary/aromatic N) is 2. The van der Waals surface area contributed by atoms with E-state index in [2.05, 4.69) is 5.10 Å². The van der Waals surface area contributed by atoms with Gasteiger partial charge in [-0.25, -0.2) is 5.01 Å². The average Bonchev–Trinajstić information content (AvgIpc) is 3.33. The molecule has 1 unspecified atom stereocenters. The van der Waals surface area contributed by atoms with Gasteiger partial charge in [-0.15, -0.1) is 11.3 Å². The highest BCUT2D eigenvalue weighted by atomic mass is 35.5. The molecule has 6 heteroatoms. The molecule has 0 spiro atoms. The summed E-state index contributed by atoms with van der Waals surface area (Å²) < 4.78 is 0. The first-order valence-corrected chi connectivity index (χ1v) is 9.83. The van der Waals surface area contributed by atoms with Gasteiger partial charge < -0.3 is 5.11 Å². The lowest BCUT2D eigenvalue weighted by Gasteiger charge is -2.22. The van der Waals surface area contributed by atoms with Gasteiger partial charge in [-0.2, -0.15) is 5.10 Å². The van der Waals surface area contributed by atoms with Crippen molar-refractivity contribution in [2.24, 2.45) is 5.10 Å². The van der Waals surface area contributed by atoms with E-state index in [1.165, 1.54) is 0 Å². The zero-order valence-electron chi connectivity index (χ0n) is 14.4. The van der Waals surface area contributed by atoms with Crippen molar-refractivity contribution < 1.29 is 9.90 Å². The van der Waals surface area contributed by atoms with E-state index in [4.69, 9.17) is 11.6 Å². The highest BCUT2D eigenvalue weighted by Gasteiger charge is 2.33. The van der Waals surface area contributed by atoms with Crippen LogP contribution in [-0.2, 0) is 11.2 Å². The molecular formula is C21H17ClN2O2S. The van der Waals surface area contributed by atoms with Crippen molar-refractivity contribution in [1.82, 2.24) is 5.01 Å². The smallest absolute Gasteiger partial charge is 0.247 e. The number of phenolic OH excluding ortho intramolecular Hbond substituents is 1. The number of hydrogen-bond donors (Lipinski definition) is 1. The van der Waals surface area contributed by atoms with Crippen LogP contribution in [0.15, 0.2) is 71.1 Å². The average molecular weight is 397 g/mol. The van der Waals surface area contributed by atoms with E-state index < -0.39 is 0 Å². The highest BCUT2D eigenvalue weighted by molar-refractivity contribution is 7.12. The molecular weight excluding hydrogens is 380 g/mol. The Bertz CT molecular complexity index is 966. The molecule has 0 radical (unpaired) electrons. The van der Waals surface area contributed by atoms with Gasteiger partial charge in [-0.05, 0) is 46.8 Å². The summed E-state index contributed by atoms with van der Waals surface area (Å²) in [6.45, 7) is 0. The molecule has 1 amide bonds. The summed E-state index contributed by atoms with van der Waals surface area (Å²) in [6, 6.07) is 18.1. The van der Waals surface area contributed by atoms with Crippen molar-refractivity contribution in [3.63, 3.8) is 0 Å². The Labute approximate surface area is 166 Å². The number of halogens is 1. The first-order chi connectivity index (χ1) is 13.1. The summed E-state index contributed by atoms with van der Waals surface area (Å²) in [5, 5.41) is 18.5. The molecule has 136 valence electrons. The van der Waals surface area contributed by atoms with Crippen LogP contribution in [0.1, 0.15) is 28.5 Å². The first-order valence-electron chi connectivity index (χ1n) is 8.57. The number of carbonyl (C=O) groups excluding carboxylic acids is 1. The van der Waals surface area contributed by atoms with Gasteiger partial charge in [-0.1, -0.05) is 41.9 Å². The van der Waals surface area contributed by atoms with E-state index in [0.29, 0.717) is 11.4 Å². The number of amides is 1. The Morgan fingerprint density at radius 1 is 1.15 bits per heavy atom. The third-order valence-electron chi connectivity index (χ3n) is 4.52. The van der Waals surface area contributed by atoms with Crippen LogP contribution in [0, 0.1) is 0 Å². The van der Waals surface area contributed by atoms with Crippen molar-refractivity contribution >= 4 is 34.6 Å². The predicted molar refractivity (Wildman–Crippen MR) is 108 cm³/mol. The highest BCUT2D eigenvalue weighted by Crippen LogP contribution is 2.34. The largest absolute Gasteiger partial charge is 0.508 e. The summed E-state index contributed by atoms with van der Waals surface area (Å²) in [5.74, 6) is 0.136. The van der Waals surface area contributed by atoms with Crippen LogP contribution in [0.2, 0.25) is 5.02 Å². The Balaban J connectivity index is 1.62. The summed E-state index contributed by atoms with van der Waals surface area (Å²) in [6.07, 6.45) is 0.907. The Morgan fingerprint density at radius 2 is 1.89 bits per heavy atom. The summed E-state index contributed by atoms with van der Waals surface area (Å²) in [4.78, 5) is 14.1. The molecule has 1 aliphatic rings. The van der Waals surface area contributed by atoms with Gasteiger partial charge in [0.25, 0.3) is 0 Å². The second kappa shape index (κ2) is 7.55. The quantitative estimate of drug-likeness (QED) is 0.672. The van der Waals surface area contributed by atoms with Crippen LogP contribution in [-0.4, -0.2) is 21.7 Å². The molecule has 2 aromatic carbocycles. The fourth-order valence-electron chi connectivity index (χ4n) is 3.15. The van der Waals surface area contributed by atoms with Crippen molar-refractivity contribution in [2.45, 2.75) is 18.9 Å². The van der Waals surface area contributed by atoms with Crippen molar-refractivity contribution in [1.29, 1.82) is 0 Å². The third kappa shape index (κ3) is 3.89. The molecule has 1 atom stereocenters. The fraction of sp³-hybridized carbons (Fsp3) is 0.143. The van der Waals surface area contributed by atoms with E-state index in [1.807, 2.05) is 41.8 Å². The Morgan fingerprint density at radius 3 is 2.56 bits per heavy atom. The molecule has 0 saturated heterocycles. The van der Waals surface area contributed by atoms with Crippen molar-refractivity contribution in [3.8, 4) is 5.75 Å². The molecule has 4 rings (SSSR count). The van der Waals surface area contributed by atoms with Gasteiger partial charge in [0, 0.05) is 11.4 Å².